The minimum atomic E-state index is -2.72. The average molecular weight is 347 g/mol. The van der Waals surface area contributed by atoms with Crippen LogP contribution in [0.1, 0.15) is 33.1 Å². The van der Waals surface area contributed by atoms with Gasteiger partial charge in [0.2, 0.25) is 0 Å². The van der Waals surface area contributed by atoms with E-state index in [0.717, 1.165) is 71.0 Å². The van der Waals surface area contributed by atoms with Gasteiger partial charge in [0.1, 0.15) is 0 Å². The Morgan fingerprint density at radius 2 is 0.917 bits per heavy atom. The minimum Gasteiger partial charge on any atom is -0.229 e. The molecule has 14 unspecified atom stereocenters. The maximum atomic E-state index is 12.3. The zero-order chi connectivity index (χ0) is 16.1. The molecule has 14 atom stereocenters. The summed E-state index contributed by atoms with van der Waals surface area (Å²) in [5.74, 6) is 13.7. The van der Waals surface area contributed by atoms with Crippen LogP contribution in [0.4, 0.5) is 0 Å². The number of sulfone groups is 1. The van der Waals surface area contributed by atoms with Crippen LogP contribution in [0.25, 0.3) is 0 Å². The van der Waals surface area contributed by atoms with E-state index in [0.29, 0.717) is 23.3 Å². The molecule has 24 heavy (non-hydrogen) atoms. The quantitative estimate of drug-likeness (QED) is 0.631. The van der Waals surface area contributed by atoms with Crippen molar-refractivity contribution < 1.29 is 8.42 Å². The molecular formula is C21H30O2S. The lowest BCUT2D eigenvalue weighted by molar-refractivity contribution is -0.0275. The van der Waals surface area contributed by atoms with Gasteiger partial charge >= 0.3 is 0 Å². The van der Waals surface area contributed by atoms with E-state index in [2.05, 4.69) is 13.8 Å². The molecule has 0 aromatic heterocycles. The van der Waals surface area contributed by atoms with Crippen LogP contribution in [-0.2, 0) is 9.84 Å². The standard InChI is InChI=1S/C21H30O2S/c1-8-9(2)11-3-10(8)18-14-5-15(19(11)18)21-13-4-12(20(14)21)16-6-24(22,23)7-17(13)16/h8-21H,3-7H2,1-2H3. The summed E-state index contributed by atoms with van der Waals surface area (Å²) in [5.41, 5.74) is 0. The molecule has 0 N–H and O–H groups in total. The van der Waals surface area contributed by atoms with Crippen molar-refractivity contribution in [1.82, 2.24) is 0 Å². The van der Waals surface area contributed by atoms with Crippen LogP contribution < -0.4 is 0 Å². The number of fused-ring (bicyclic) bond motifs is 19. The number of hydrogen-bond donors (Lipinski definition) is 0. The summed E-state index contributed by atoms with van der Waals surface area (Å²) in [6, 6.07) is 0. The van der Waals surface area contributed by atoms with Gasteiger partial charge in [-0.1, -0.05) is 13.8 Å². The first kappa shape index (κ1) is 14.1. The Morgan fingerprint density at radius 1 is 0.542 bits per heavy atom. The van der Waals surface area contributed by atoms with E-state index in [-0.39, 0.29) is 0 Å². The van der Waals surface area contributed by atoms with Crippen LogP contribution in [-0.4, -0.2) is 19.9 Å². The lowest BCUT2D eigenvalue weighted by atomic mass is 9.55. The third-order valence-corrected chi connectivity index (χ3v) is 13.0. The van der Waals surface area contributed by atoms with Gasteiger partial charge in [0.25, 0.3) is 0 Å². The first-order valence-electron chi connectivity index (χ1n) is 10.7. The third kappa shape index (κ3) is 1.30. The maximum absolute atomic E-state index is 12.3. The Morgan fingerprint density at radius 3 is 1.42 bits per heavy atom. The summed E-state index contributed by atoms with van der Waals surface area (Å²) in [4.78, 5) is 0. The largest absolute Gasteiger partial charge is 0.229 e. The second-order valence-corrected chi connectivity index (χ2v) is 13.3. The van der Waals surface area contributed by atoms with Gasteiger partial charge in [0.05, 0.1) is 11.5 Å². The molecule has 3 heteroatoms. The smallest absolute Gasteiger partial charge is 0.150 e. The van der Waals surface area contributed by atoms with Gasteiger partial charge in [-0.05, 0) is 102 Å². The van der Waals surface area contributed by atoms with Crippen molar-refractivity contribution in [2.45, 2.75) is 33.1 Å². The van der Waals surface area contributed by atoms with E-state index in [1.165, 1.54) is 12.8 Å². The Hall–Kier alpha value is -0.0500. The van der Waals surface area contributed by atoms with E-state index < -0.39 is 9.84 Å². The van der Waals surface area contributed by atoms with Gasteiger partial charge in [0.15, 0.2) is 9.84 Å². The van der Waals surface area contributed by atoms with Gasteiger partial charge in [0, 0.05) is 0 Å². The molecule has 1 aliphatic heterocycles. The molecule has 6 bridgehead atoms. The van der Waals surface area contributed by atoms with Gasteiger partial charge in [-0.3, -0.25) is 0 Å². The highest BCUT2D eigenvalue weighted by atomic mass is 32.2. The van der Waals surface area contributed by atoms with Gasteiger partial charge in [-0.15, -0.1) is 0 Å². The van der Waals surface area contributed by atoms with Crippen molar-refractivity contribution in [2.75, 3.05) is 11.5 Å². The maximum Gasteiger partial charge on any atom is 0.150 e. The fraction of sp³-hybridized carbons (Fsp3) is 1.00. The van der Waals surface area contributed by atoms with E-state index in [9.17, 15) is 8.42 Å². The van der Waals surface area contributed by atoms with E-state index in [1.807, 2.05) is 0 Å². The molecule has 0 amide bonds. The first-order valence-corrected chi connectivity index (χ1v) is 12.5. The highest BCUT2D eigenvalue weighted by molar-refractivity contribution is 7.91. The molecule has 0 aromatic rings. The van der Waals surface area contributed by atoms with Gasteiger partial charge in [-0.2, -0.15) is 0 Å². The molecule has 2 nitrogen and oxygen atoms in total. The number of hydrogen-bond acceptors (Lipinski definition) is 2. The fourth-order valence-electron chi connectivity index (χ4n) is 10.9. The monoisotopic (exact) mass is 346 g/mol. The second kappa shape index (κ2) is 3.94. The average Bonchev–Trinajstić information content (AvgIpc) is 3.27. The predicted molar refractivity (Wildman–Crippen MR) is 92.7 cm³/mol. The Labute approximate surface area is 146 Å². The molecule has 1 saturated heterocycles. The molecule has 132 valence electrons. The summed E-state index contributed by atoms with van der Waals surface area (Å²) in [7, 11) is -2.72. The first-order chi connectivity index (χ1) is 11.5. The summed E-state index contributed by atoms with van der Waals surface area (Å²) in [5, 5.41) is 0. The van der Waals surface area contributed by atoms with Gasteiger partial charge < -0.3 is 0 Å². The van der Waals surface area contributed by atoms with E-state index in [4.69, 9.17) is 0 Å². The molecule has 7 aliphatic rings. The van der Waals surface area contributed by atoms with Crippen LogP contribution >= 0.6 is 0 Å². The van der Waals surface area contributed by atoms with Crippen molar-refractivity contribution in [3.8, 4) is 0 Å². The molecule has 6 aliphatic carbocycles. The molecule has 0 radical (unpaired) electrons. The summed E-state index contributed by atoms with van der Waals surface area (Å²) >= 11 is 0. The van der Waals surface area contributed by atoms with Gasteiger partial charge in [-0.25, -0.2) is 8.42 Å². The van der Waals surface area contributed by atoms with Crippen LogP contribution in [0.15, 0.2) is 0 Å². The van der Waals surface area contributed by atoms with Crippen molar-refractivity contribution >= 4 is 9.84 Å². The molecule has 0 aromatic carbocycles. The van der Waals surface area contributed by atoms with E-state index in [1.54, 1.807) is 6.42 Å². The van der Waals surface area contributed by atoms with Crippen LogP contribution in [0.2, 0.25) is 0 Å². The molecule has 7 rings (SSSR count). The number of rotatable bonds is 0. The molecule has 0 spiro atoms. The summed E-state index contributed by atoms with van der Waals surface area (Å²) in [6.07, 6.45) is 4.49. The van der Waals surface area contributed by atoms with Crippen LogP contribution in [0.3, 0.4) is 0 Å². The normalized spacial score (nSPS) is 72.4. The molecule has 1 heterocycles. The zero-order valence-electron chi connectivity index (χ0n) is 14.8. The SMILES string of the molecule is CC1C(C)C2CC1C1C3CC(C21)C1C2CC(C4CS(=O)(=O)CC42)C31. The Bertz CT molecular complexity index is 676. The van der Waals surface area contributed by atoms with Crippen molar-refractivity contribution in [1.29, 1.82) is 0 Å². The van der Waals surface area contributed by atoms with Crippen LogP contribution in [0, 0.1) is 82.9 Å². The Balaban J connectivity index is 1.29. The van der Waals surface area contributed by atoms with Crippen molar-refractivity contribution in [3.63, 3.8) is 0 Å². The lowest BCUT2D eigenvalue weighted by Crippen LogP contribution is -2.47. The molecular weight excluding hydrogens is 316 g/mol. The fourth-order valence-corrected chi connectivity index (χ4v) is 13.2. The second-order valence-electron chi connectivity index (χ2n) is 11.1. The highest BCUT2D eigenvalue weighted by Crippen LogP contribution is 2.79. The minimum absolute atomic E-state index is 0.549. The van der Waals surface area contributed by atoms with Crippen LogP contribution in [0.5, 0.6) is 0 Å². The predicted octanol–water partition coefficient (Wildman–Crippen LogP) is 3.33. The summed E-state index contributed by atoms with van der Waals surface area (Å²) < 4.78 is 24.5. The topological polar surface area (TPSA) is 34.1 Å². The summed E-state index contributed by atoms with van der Waals surface area (Å²) in [6.45, 7) is 5.07. The Kier molecular flexibility index (Phi) is 2.31. The molecule has 6 saturated carbocycles. The molecule has 7 fully saturated rings. The van der Waals surface area contributed by atoms with Crippen molar-refractivity contribution in [3.05, 3.63) is 0 Å². The lowest BCUT2D eigenvalue weighted by Gasteiger charge is -2.50. The van der Waals surface area contributed by atoms with E-state index >= 15 is 0 Å². The van der Waals surface area contributed by atoms with Crippen molar-refractivity contribution in [2.24, 2.45) is 82.9 Å². The highest BCUT2D eigenvalue weighted by Gasteiger charge is 2.75. The third-order valence-electron chi connectivity index (χ3n) is 11.2. The zero-order valence-corrected chi connectivity index (χ0v) is 15.7.